The summed E-state index contributed by atoms with van der Waals surface area (Å²) >= 11 is 0. The molecule has 0 aliphatic carbocycles. The molecule has 0 aliphatic heterocycles. The van der Waals surface area contributed by atoms with Crippen molar-refractivity contribution in [2.45, 2.75) is 33.3 Å². The molecule has 0 saturated carbocycles. The minimum Gasteiger partial charge on any atom is -0.459 e. The van der Waals surface area contributed by atoms with Crippen LogP contribution in [0.1, 0.15) is 27.7 Å². The fourth-order valence-corrected chi connectivity index (χ4v) is 1.58. The summed E-state index contributed by atoms with van der Waals surface area (Å²) in [6, 6.07) is 0. The van der Waals surface area contributed by atoms with Crippen molar-refractivity contribution in [1.29, 1.82) is 0 Å². The van der Waals surface area contributed by atoms with Gasteiger partial charge in [-0.15, -0.1) is 0 Å². The van der Waals surface area contributed by atoms with Crippen LogP contribution in [0.25, 0.3) is 0 Å². The minimum absolute atomic E-state index is 0.0370. The zero-order valence-electron chi connectivity index (χ0n) is 13.7. The summed E-state index contributed by atoms with van der Waals surface area (Å²) in [6.45, 7) is 5.43. The van der Waals surface area contributed by atoms with E-state index in [1.807, 2.05) is 5.43 Å². The van der Waals surface area contributed by atoms with E-state index in [9.17, 15) is 22.8 Å². The summed E-state index contributed by atoms with van der Waals surface area (Å²) in [5.41, 5.74) is 1.22. The average molecular weight is 354 g/mol. The van der Waals surface area contributed by atoms with E-state index in [1.54, 1.807) is 20.8 Å². The van der Waals surface area contributed by atoms with Crippen molar-refractivity contribution in [3.05, 3.63) is 0 Å². The normalized spacial score (nSPS) is 11.5. The average Bonchev–Trinajstić information content (AvgIpc) is 2.33. The third kappa shape index (κ3) is 10.5. The lowest BCUT2D eigenvalue weighted by Crippen LogP contribution is -2.52. The first-order chi connectivity index (χ1) is 10.4. The monoisotopic (exact) mass is 354 g/mol. The number of hydrogen-bond donors (Lipinski definition) is 1. The van der Waals surface area contributed by atoms with Crippen molar-refractivity contribution >= 4 is 28.1 Å². The van der Waals surface area contributed by atoms with Crippen LogP contribution in [0.3, 0.4) is 0 Å². The maximum atomic E-state index is 11.9. The number of hydrazine groups is 1. The summed E-state index contributed by atoms with van der Waals surface area (Å²) < 4.78 is 35.7. The zero-order valence-corrected chi connectivity index (χ0v) is 14.6. The molecule has 0 atom stereocenters. The van der Waals surface area contributed by atoms with Gasteiger partial charge >= 0.3 is 18.0 Å². The lowest BCUT2D eigenvalue weighted by molar-refractivity contribution is -0.161. The molecule has 11 heteroatoms. The quantitative estimate of drug-likeness (QED) is 0.311. The second-order valence-electron chi connectivity index (χ2n) is 5.32. The molecule has 0 aromatic heterocycles. The Morgan fingerprint density at radius 1 is 1.17 bits per heavy atom. The van der Waals surface area contributed by atoms with Gasteiger partial charge in [0.05, 0.1) is 26.0 Å². The lowest BCUT2D eigenvalue weighted by atomic mass is 10.2. The number of carbonyl (C=O) groups is 3. The van der Waals surface area contributed by atoms with Crippen LogP contribution < -0.4 is 5.43 Å². The fourth-order valence-electron chi connectivity index (χ4n) is 1.20. The Hall–Kier alpha value is -1.88. The highest BCUT2D eigenvalue weighted by Gasteiger charge is 2.27. The van der Waals surface area contributed by atoms with E-state index >= 15 is 0 Å². The van der Waals surface area contributed by atoms with E-state index in [2.05, 4.69) is 8.92 Å². The van der Waals surface area contributed by atoms with Crippen LogP contribution in [0.2, 0.25) is 0 Å². The van der Waals surface area contributed by atoms with Crippen LogP contribution in [0, 0.1) is 0 Å². The molecule has 0 aromatic carbocycles. The van der Waals surface area contributed by atoms with Gasteiger partial charge in [-0.05, 0) is 27.7 Å². The molecular formula is C12H22N2O8S. The van der Waals surface area contributed by atoms with E-state index in [-0.39, 0.29) is 6.61 Å². The summed E-state index contributed by atoms with van der Waals surface area (Å²) in [5, 5.41) is 0.567. The zero-order chi connectivity index (χ0) is 18.3. The number of carbonyl (C=O) groups excluding carboxylic acids is 3. The third-order valence-electron chi connectivity index (χ3n) is 1.93. The van der Waals surface area contributed by atoms with E-state index in [0.29, 0.717) is 5.01 Å². The van der Waals surface area contributed by atoms with Crippen LogP contribution in [0.15, 0.2) is 0 Å². The summed E-state index contributed by atoms with van der Waals surface area (Å²) in [4.78, 5) is 35.0. The van der Waals surface area contributed by atoms with Gasteiger partial charge in [-0.25, -0.2) is 20.0 Å². The highest BCUT2D eigenvalue weighted by molar-refractivity contribution is 7.85. The Morgan fingerprint density at radius 3 is 2.17 bits per heavy atom. The van der Waals surface area contributed by atoms with Crippen molar-refractivity contribution in [2.75, 3.05) is 26.0 Å². The second-order valence-corrected chi connectivity index (χ2v) is 6.96. The van der Waals surface area contributed by atoms with E-state index in [1.165, 1.54) is 6.92 Å². The minimum atomic E-state index is -3.73. The molecule has 0 aromatic rings. The molecule has 0 spiro atoms. The first-order valence-corrected chi connectivity index (χ1v) is 8.50. The SMILES string of the molecule is CCOC(=O)C(=O)N(CCOS(C)(=O)=O)NC(=O)OC(C)(C)C. The Kier molecular flexibility index (Phi) is 7.97. The Labute approximate surface area is 135 Å². The van der Waals surface area contributed by atoms with Crippen molar-refractivity contribution in [1.82, 2.24) is 10.4 Å². The Morgan fingerprint density at radius 2 is 1.74 bits per heavy atom. The summed E-state index contributed by atoms with van der Waals surface area (Å²) in [6.07, 6.45) is -0.166. The van der Waals surface area contributed by atoms with Gasteiger partial charge in [-0.3, -0.25) is 8.98 Å². The van der Waals surface area contributed by atoms with Gasteiger partial charge in [0.2, 0.25) is 0 Å². The topological polar surface area (TPSA) is 128 Å². The largest absolute Gasteiger partial charge is 0.459 e. The lowest BCUT2D eigenvalue weighted by Gasteiger charge is -2.25. The smallest absolute Gasteiger partial charge is 0.426 e. The van der Waals surface area contributed by atoms with Crippen molar-refractivity contribution in [2.24, 2.45) is 0 Å². The fraction of sp³-hybridized carbons (Fsp3) is 0.750. The molecular weight excluding hydrogens is 332 g/mol. The molecule has 10 nitrogen and oxygen atoms in total. The predicted molar refractivity (Wildman–Crippen MR) is 78.5 cm³/mol. The standard InChI is InChI=1S/C12H22N2O8S/c1-6-20-10(16)9(15)14(7-8-21-23(5,18)19)13-11(17)22-12(2,3)4/h6-8H2,1-5H3,(H,13,17). The third-order valence-corrected chi connectivity index (χ3v) is 2.53. The van der Waals surface area contributed by atoms with Crippen LogP contribution in [0.4, 0.5) is 4.79 Å². The summed E-state index contributed by atoms with van der Waals surface area (Å²) in [5.74, 6) is -2.39. The van der Waals surface area contributed by atoms with Crippen LogP contribution in [-0.4, -0.2) is 63.0 Å². The molecule has 0 aliphatic rings. The van der Waals surface area contributed by atoms with Crippen molar-refractivity contribution < 1.29 is 36.5 Å². The number of nitrogens with one attached hydrogen (secondary N) is 1. The molecule has 0 unspecified atom stereocenters. The van der Waals surface area contributed by atoms with E-state index in [4.69, 9.17) is 4.74 Å². The van der Waals surface area contributed by atoms with Gasteiger partial charge in [0.1, 0.15) is 5.60 Å². The second kappa shape index (κ2) is 8.67. The number of nitrogens with zero attached hydrogens (tertiary/aromatic N) is 1. The van der Waals surface area contributed by atoms with Crippen LogP contribution in [-0.2, 0) is 33.4 Å². The number of amides is 2. The maximum Gasteiger partial charge on any atom is 0.426 e. The highest BCUT2D eigenvalue weighted by Crippen LogP contribution is 2.06. The Balaban J connectivity index is 4.88. The van der Waals surface area contributed by atoms with Gasteiger partial charge in [0.25, 0.3) is 10.1 Å². The van der Waals surface area contributed by atoms with Crippen LogP contribution in [0.5, 0.6) is 0 Å². The van der Waals surface area contributed by atoms with Gasteiger partial charge < -0.3 is 9.47 Å². The predicted octanol–water partition coefficient (Wildman–Crippen LogP) is -0.206. The number of ether oxygens (including phenoxy) is 2. The van der Waals surface area contributed by atoms with Gasteiger partial charge in [0, 0.05) is 0 Å². The molecule has 0 fully saturated rings. The van der Waals surface area contributed by atoms with E-state index < -0.39 is 46.8 Å². The molecule has 134 valence electrons. The number of esters is 1. The number of hydrogen-bond acceptors (Lipinski definition) is 8. The van der Waals surface area contributed by atoms with Gasteiger partial charge in [-0.1, -0.05) is 0 Å². The molecule has 2 amide bonds. The van der Waals surface area contributed by atoms with E-state index in [0.717, 1.165) is 6.26 Å². The Bertz CT molecular complexity index is 538. The molecule has 0 saturated heterocycles. The number of rotatable bonds is 5. The molecule has 1 N–H and O–H groups in total. The van der Waals surface area contributed by atoms with Crippen molar-refractivity contribution in [3.8, 4) is 0 Å². The highest BCUT2D eigenvalue weighted by atomic mass is 32.2. The molecule has 0 heterocycles. The maximum absolute atomic E-state index is 11.9. The molecule has 0 bridgehead atoms. The molecule has 23 heavy (non-hydrogen) atoms. The first-order valence-electron chi connectivity index (χ1n) is 6.68. The first kappa shape index (κ1) is 21.1. The van der Waals surface area contributed by atoms with Gasteiger partial charge in [0.15, 0.2) is 0 Å². The van der Waals surface area contributed by atoms with Crippen molar-refractivity contribution in [3.63, 3.8) is 0 Å². The molecule has 0 radical (unpaired) electrons. The molecule has 0 rings (SSSR count). The van der Waals surface area contributed by atoms with Crippen LogP contribution >= 0.6 is 0 Å². The summed E-state index contributed by atoms with van der Waals surface area (Å²) in [7, 11) is -3.73. The van der Waals surface area contributed by atoms with Gasteiger partial charge in [-0.2, -0.15) is 8.42 Å².